The molecule has 0 spiro atoms. The molecule has 0 aromatic carbocycles. The molecule has 97 heavy (non-hydrogen) atoms. The molecule has 0 aliphatic heterocycles. The summed E-state index contributed by atoms with van der Waals surface area (Å²) in [5, 5.41) is 10.6. The summed E-state index contributed by atoms with van der Waals surface area (Å²) in [6, 6.07) is 0. The second-order valence-electron chi connectivity index (χ2n) is 28.8. The lowest BCUT2D eigenvalue weighted by molar-refractivity contribution is -0.161. The van der Waals surface area contributed by atoms with Gasteiger partial charge in [0, 0.05) is 25.7 Å². The molecule has 0 aliphatic rings. The first-order chi connectivity index (χ1) is 46.9. The maximum Gasteiger partial charge on any atom is 0.472 e. The summed E-state index contributed by atoms with van der Waals surface area (Å²) in [6.07, 6.45) is 58.6. The smallest absolute Gasteiger partial charge is 0.462 e. The normalized spacial score (nSPS) is 14.2. The van der Waals surface area contributed by atoms with Gasteiger partial charge < -0.3 is 33.8 Å². The Bertz CT molecular complexity index is 1870. The van der Waals surface area contributed by atoms with Crippen LogP contribution in [-0.2, 0) is 65.4 Å². The minimum absolute atomic E-state index is 0.103. The van der Waals surface area contributed by atoms with Gasteiger partial charge in [-0.3, -0.25) is 37.3 Å². The van der Waals surface area contributed by atoms with Gasteiger partial charge in [-0.1, -0.05) is 356 Å². The van der Waals surface area contributed by atoms with Crippen LogP contribution in [0.2, 0.25) is 0 Å². The molecule has 0 bridgehead atoms. The lowest BCUT2D eigenvalue weighted by Gasteiger charge is -2.21. The molecule has 0 saturated carbocycles. The van der Waals surface area contributed by atoms with E-state index in [1.54, 1.807) is 0 Å². The number of phosphoric acid groups is 2. The minimum atomic E-state index is -4.96. The standard InChI is InChI=1S/C78H152O17P2/c1-7-10-12-14-16-18-19-20-21-22-23-24-25-26-27-32-35-38-44-50-56-62-77(82)94-73(67-89-76(81)61-55-49-43-37-34-31-29-28-30-33-36-41-47-53-59-71(6)9-3)68-92-96(84,85)90-64-72(79)65-91-97(86,87)93-69-74(66-88-75(80)60-54-48-42-17-15-13-11-8-2)95-78(83)63-57-51-45-39-40-46-52-58-70(4)5/h70-74,79H,7-69H2,1-6H3,(H,84,85)(H,86,87)/t71?,72-,73-,74-/m1/s1. The second kappa shape index (κ2) is 69.8. The van der Waals surface area contributed by atoms with Crippen molar-refractivity contribution in [1.29, 1.82) is 0 Å². The summed E-state index contributed by atoms with van der Waals surface area (Å²) in [5.74, 6) is -0.573. The van der Waals surface area contributed by atoms with E-state index in [4.69, 9.17) is 37.0 Å². The molecule has 0 radical (unpaired) electrons. The lowest BCUT2D eigenvalue weighted by atomic mass is 9.99. The minimum Gasteiger partial charge on any atom is -0.462 e. The fourth-order valence-corrected chi connectivity index (χ4v) is 13.6. The second-order valence-corrected chi connectivity index (χ2v) is 31.7. The molecule has 3 unspecified atom stereocenters. The SMILES string of the molecule is CCCCCCCCCCCCCCCCCCCCCCCC(=O)O[C@H](COC(=O)CCCCCCCCCCCCCCCCC(C)CC)COP(=O)(O)OC[C@@H](O)COP(=O)(O)OC[C@@H](COC(=O)CCCCCCCCCC)OC(=O)CCCCCCCCCC(C)C. The Kier molecular flexibility index (Phi) is 68.4. The topological polar surface area (TPSA) is 237 Å². The Hall–Kier alpha value is -1.94. The molecule has 576 valence electrons. The molecule has 0 saturated heterocycles. The van der Waals surface area contributed by atoms with Crippen molar-refractivity contribution in [2.75, 3.05) is 39.6 Å². The van der Waals surface area contributed by atoms with Crippen LogP contribution in [0.3, 0.4) is 0 Å². The molecule has 17 nitrogen and oxygen atoms in total. The van der Waals surface area contributed by atoms with Crippen molar-refractivity contribution >= 4 is 39.5 Å². The predicted octanol–water partition coefficient (Wildman–Crippen LogP) is 23.1. The molecule has 19 heteroatoms. The first kappa shape index (κ1) is 95.1. The zero-order valence-corrected chi connectivity index (χ0v) is 65.2. The zero-order valence-electron chi connectivity index (χ0n) is 63.4. The Balaban J connectivity index is 5.17. The lowest BCUT2D eigenvalue weighted by Crippen LogP contribution is -2.30. The Morgan fingerprint density at radius 3 is 0.784 bits per heavy atom. The van der Waals surface area contributed by atoms with E-state index in [9.17, 15) is 43.2 Å². The van der Waals surface area contributed by atoms with Crippen LogP contribution in [0.25, 0.3) is 0 Å². The highest BCUT2D eigenvalue weighted by Gasteiger charge is 2.30. The highest BCUT2D eigenvalue weighted by molar-refractivity contribution is 7.47. The van der Waals surface area contributed by atoms with Crippen molar-refractivity contribution in [2.45, 2.75) is 426 Å². The molecule has 6 atom stereocenters. The summed E-state index contributed by atoms with van der Waals surface area (Å²) in [5.41, 5.74) is 0. The van der Waals surface area contributed by atoms with Crippen molar-refractivity contribution in [3.63, 3.8) is 0 Å². The Morgan fingerprint density at radius 1 is 0.299 bits per heavy atom. The predicted molar refractivity (Wildman–Crippen MR) is 395 cm³/mol. The average molecular weight is 1420 g/mol. The average Bonchev–Trinajstić information content (AvgIpc) is 1.20. The van der Waals surface area contributed by atoms with Crippen LogP contribution in [0.5, 0.6) is 0 Å². The van der Waals surface area contributed by atoms with E-state index >= 15 is 0 Å². The molecular weight excluding hydrogens is 1270 g/mol. The zero-order chi connectivity index (χ0) is 71.4. The van der Waals surface area contributed by atoms with Crippen LogP contribution in [0.15, 0.2) is 0 Å². The van der Waals surface area contributed by atoms with E-state index in [-0.39, 0.29) is 25.7 Å². The maximum atomic E-state index is 13.1. The molecule has 0 heterocycles. The molecule has 3 N–H and O–H groups in total. The molecule has 0 rings (SSSR count). The van der Waals surface area contributed by atoms with Crippen LogP contribution in [0.4, 0.5) is 0 Å². The molecule has 0 aromatic heterocycles. The van der Waals surface area contributed by atoms with Gasteiger partial charge in [-0.25, -0.2) is 9.13 Å². The Labute approximate surface area is 594 Å². The van der Waals surface area contributed by atoms with Crippen molar-refractivity contribution in [1.82, 2.24) is 0 Å². The van der Waals surface area contributed by atoms with Crippen molar-refractivity contribution < 1.29 is 80.2 Å². The largest absolute Gasteiger partial charge is 0.472 e. The summed E-state index contributed by atoms with van der Waals surface area (Å²) >= 11 is 0. The fourth-order valence-electron chi connectivity index (χ4n) is 12.0. The number of aliphatic hydroxyl groups excluding tert-OH is 1. The van der Waals surface area contributed by atoms with Crippen LogP contribution in [0.1, 0.15) is 408 Å². The number of carbonyl (C=O) groups excluding carboxylic acids is 4. The van der Waals surface area contributed by atoms with Gasteiger partial charge >= 0.3 is 39.5 Å². The number of esters is 4. The fraction of sp³-hybridized carbons (Fsp3) is 0.949. The number of hydrogen-bond acceptors (Lipinski definition) is 15. The van der Waals surface area contributed by atoms with E-state index in [2.05, 4.69) is 41.5 Å². The monoisotopic (exact) mass is 1420 g/mol. The molecular formula is C78H152O17P2. The van der Waals surface area contributed by atoms with Crippen LogP contribution >= 0.6 is 15.6 Å². The number of carbonyl (C=O) groups is 4. The van der Waals surface area contributed by atoms with E-state index < -0.39 is 97.5 Å². The van der Waals surface area contributed by atoms with Gasteiger partial charge in [0.05, 0.1) is 26.4 Å². The highest BCUT2D eigenvalue weighted by Crippen LogP contribution is 2.45. The number of rotatable bonds is 77. The summed E-state index contributed by atoms with van der Waals surface area (Å²) in [7, 11) is -9.91. The number of phosphoric ester groups is 2. The maximum absolute atomic E-state index is 13.1. The van der Waals surface area contributed by atoms with Gasteiger partial charge in [-0.05, 0) is 37.5 Å². The van der Waals surface area contributed by atoms with E-state index in [0.29, 0.717) is 31.6 Å². The van der Waals surface area contributed by atoms with Gasteiger partial charge in [0.2, 0.25) is 0 Å². The summed E-state index contributed by atoms with van der Waals surface area (Å²) in [6.45, 7) is 9.57. The molecule has 0 aliphatic carbocycles. The Morgan fingerprint density at radius 2 is 0.526 bits per heavy atom. The van der Waals surface area contributed by atoms with E-state index in [1.165, 1.54) is 218 Å². The molecule has 0 amide bonds. The molecule has 0 aromatic rings. The van der Waals surface area contributed by atoms with Crippen LogP contribution in [-0.4, -0.2) is 96.7 Å². The first-order valence-electron chi connectivity index (χ1n) is 40.5. The van der Waals surface area contributed by atoms with Crippen molar-refractivity contribution in [3.8, 4) is 0 Å². The third-order valence-electron chi connectivity index (χ3n) is 18.6. The first-order valence-corrected chi connectivity index (χ1v) is 43.5. The van der Waals surface area contributed by atoms with E-state index in [1.807, 2.05) is 0 Å². The van der Waals surface area contributed by atoms with Crippen LogP contribution < -0.4 is 0 Å². The third kappa shape index (κ3) is 70.9. The summed E-state index contributed by atoms with van der Waals surface area (Å²) < 4.78 is 68.5. The number of ether oxygens (including phenoxy) is 4. The van der Waals surface area contributed by atoms with E-state index in [0.717, 1.165) is 102 Å². The van der Waals surface area contributed by atoms with Gasteiger partial charge in [0.25, 0.3) is 0 Å². The number of aliphatic hydroxyl groups is 1. The summed E-state index contributed by atoms with van der Waals surface area (Å²) in [4.78, 5) is 72.7. The van der Waals surface area contributed by atoms with Crippen molar-refractivity contribution in [3.05, 3.63) is 0 Å². The highest BCUT2D eigenvalue weighted by atomic mass is 31.2. The quantitative estimate of drug-likeness (QED) is 0.0222. The van der Waals surface area contributed by atoms with Gasteiger partial charge in [-0.15, -0.1) is 0 Å². The number of unbranched alkanes of at least 4 members (excludes halogenated alkanes) is 46. The number of hydrogen-bond donors (Lipinski definition) is 3. The third-order valence-corrected chi connectivity index (χ3v) is 20.5. The van der Waals surface area contributed by atoms with Gasteiger partial charge in [0.1, 0.15) is 19.3 Å². The van der Waals surface area contributed by atoms with Crippen LogP contribution in [0, 0.1) is 11.8 Å². The van der Waals surface area contributed by atoms with Gasteiger partial charge in [0.15, 0.2) is 12.2 Å². The van der Waals surface area contributed by atoms with Gasteiger partial charge in [-0.2, -0.15) is 0 Å². The van der Waals surface area contributed by atoms with Crippen molar-refractivity contribution in [2.24, 2.45) is 11.8 Å². The molecule has 0 fully saturated rings.